The molecule has 0 radical (unpaired) electrons. The van der Waals surface area contributed by atoms with E-state index in [0.717, 1.165) is 32.5 Å². The van der Waals surface area contributed by atoms with Crippen molar-refractivity contribution in [1.29, 1.82) is 0 Å². The number of piperidine rings is 3. The molecule has 3 fully saturated rings. The van der Waals surface area contributed by atoms with Crippen LogP contribution in [0.2, 0.25) is 0 Å². The first-order chi connectivity index (χ1) is 9.08. The van der Waals surface area contributed by atoms with E-state index in [1.165, 1.54) is 17.7 Å². The van der Waals surface area contributed by atoms with Crippen LogP contribution in [0.15, 0.2) is 15.8 Å². The van der Waals surface area contributed by atoms with Crippen LogP contribution in [0.1, 0.15) is 36.2 Å². The molecule has 1 N–H and O–H groups in total. The predicted molar refractivity (Wildman–Crippen MR) is 69.5 cm³/mol. The van der Waals surface area contributed by atoms with E-state index >= 15 is 0 Å². The van der Waals surface area contributed by atoms with Crippen molar-refractivity contribution in [1.82, 2.24) is 14.5 Å². The second kappa shape index (κ2) is 4.45. The summed E-state index contributed by atoms with van der Waals surface area (Å²) in [6.07, 6.45) is 3.26. The van der Waals surface area contributed by atoms with Crippen LogP contribution < -0.4 is 11.2 Å². The van der Waals surface area contributed by atoms with Gasteiger partial charge < -0.3 is 9.88 Å². The van der Waals surface area contributed by atoms with Crippen LogP contribution in [-0.2, 0) is 0 Å². The van der Waals surface area contributed by atoms with Crippen molar-refractivity contribution >= 4 is 5.78 Å². The van der Waals surface area contributed by atoms with E-state index in [9.17, 15) is 14.4 Å². The van der Waals surface area contributed by atoms with E-state index in [0.29, 0.717) is 5.92 Å². The number of ketones is 1. The Balaban J connectivity index is 2.10. The zero-order valence-electron chi connectivity index (χ0n) is 10.9. The summed E-state index contributed by atoms with van der Waals surface area (Å²) in [5.41, 5.74) is -0.792. The van der Waals surface area contributed by atoms with Crippen molar-refractivity contribution in [2.45, 2.75) is 25.8 Å². The molecule has 102 valence electrons. The summed E-state index contributed by atoms with van der Waals surface area (Å²) < 4.78 is 1.26. The highest BCUT2D eigenvalue weighted by Crippen LogP contribution is 2.34. The van der Waals surface area contributed by atoms with E-state index in [1.807, 2.05) is 0 Å². The fraction of sp³-hybridized carbons (Fsp3) is 0.615. The number of aromatic nitrogens is 2. The molecule has 0 aliphatic carbocycles. The standard InChI is InChI=1S/C13H17N3O3/c1-8(17)10-6-14-13(19)16(12(10)18)11-7-15-4-2-9(11)3-5-15/h6,9,11H,2-5,7H2,1H3,(H,14,19). The van der Waals surface area contributed by atoms with Crippen molar-refractivity contribution in [3.8, 4) is 0 Å². The van der Waals surface area contributed by atoms with E-state index < -0.39 is 11.2 Å². The molecule has 1 unspecified atom stereocenters. The number of Topliss-reactive ketones (excluding diaryl/α,β-unsaturated/α-hetero) is 1. The van der Waals surface area contributed by atoms with Gasteiger partial charge in [0.05, 0.1) is 11.6 Å². The van der Waals surface area contributed by atoms with E-state index in [4.69, 9.17) is 0 Å². The lowest BCUT2D eigenvalue weighted by Crippen LogP contribution is -2.53. The lowest BCUT2D eigenvalue weighted by molar-refractivity contribution is 0.0530. The molecular formula is C13H17N3O3. The first-order valence-electron chi connectivity index (χ1n) is 6.65. The highest BCUT2D eigenvalue weighted by Gasteiger charge is 2.36. The van der Waals surface area contributed by atoms with Crippen LogP contribution >= 0.6 is 0 Å². The van der Waals surface area contributed by atoms with Gasteiger partial charge in [-0.15, -0.1) is 0 Å². The molecule has 6 nitrogen and oxygen atoms in total. The van der Waals surface area contributed by atoms with Gasteiger partial charge in [-0.1, -0.05) is 0 Å². The second-order valence-electron chi connectivity index (χ2n) is 5.44. The van der Waals surface area contributed by atoms with Gasteiger partial charge in [0, 0.05) is 12.7 Å². The topological polar surface area (TPSA) is 75.2 Å². The van der Waals surface area contributed by atoms with Gasteiger partial charge in [-0.25, -0.2) is 4.79 Å². The molecule has 1 aromatic heterocycles. The Morgan fingerprint density at radius 2 is 2.00 bits per heavy atom. The molecule has 19 heavy (non-hydrogen) atoms. The molecule has 1 atom stereocenters. The highest BCUT2D eigenvalue weighted by atomic mass is 16.2. The van der Waals surface area contributed by atoms with Crippen LogP contribution in [0, 0.1) is 5.92 Å². The average molecular weight is 263 g/mol. The Bertz CT molecular complexity index is 623. The molecule has 3 aliphatic heterocycles. The van der Waals surface area contributed by atoms with Gasteiger partial charge in [0.1, 0.15) is 0 Å². The molecule has 0 saturated carbocycles. The minimum atomic E-state index is -0.449. The quantitative estimate of drug-likeness (QED) is 0.762. The Kier molecular flexibility index (Phi) is 2.89. The van der Waals surface area contributed by atoms with E-state index in [-0.39, 0.29) is 17.4 Å². The number of nitrogens with zero attached hydrogens (tertiary/aromatic N) is 2. The van der Waals surface area contributed by atoms with Gasteiger partial charge >= 0.3 is 5.69 Å². The zero-order chi connectivity index (χ0) is 13.6. The fourth-order valence-electron chi connectivity index (χ4n) is 3.27. The highest BCUT2D eigenvalue weighted by molar-refractivity contribution is 5.93. The molecule has 3 saturated heterocycles. The first kappa shape index (κ1) is 12.3. The molecule has 4 rings (SSSR count). The Morgan fingerprint density at radius 3 is 2.53 bits per heavy atom. The van der Waals surface area contributed by atoms with Crippen LogP contribution in [0.4, 0.5) is 0 Å². The SMILES string of the molecule is CC(=O)c1c[nH]c(=O)n(C2CN3CCC2CC3)c1=O. The molecule has 4 heterocycles. The summed E-state index contributed by atoms with van der Waals surface area (Å²) in [6, 6.07) is -0.0990. The van der Waals surface area contributed by atoms with Crippen molar-refractivity contribution in [3.05, 3.63) is 32.6 Å². The number of carbonyl (C=O) groups excluding carboxylic acids is 1. The van der Waals surface area contributed by atoms with Crippen molar-refractivity contribution in [2.75, 3.05) is 19.6 Å². The number of hydrogen-bond acceptors (Lipinski definition) is 4. The Hall–Kier alpha value is -1.69. The minimum absolute atomic E-state index is 0.0658. The normalized spacial score (nSPS) is 29.4. The monoisotopic (exact) mass is 263 g/mol. The lowest BCUT2D eigenvalue weighted by Gasteiger charge is -2.44. The summed E-state index contributed by atoms with van der Waals surface area (Å²) in [6.45, 7) is 4.16. The summed E-state index contributed by atoms with van der Waals surface area (Å²) in [7, 11) is 0. The molecule has 6 heteroatoms. The predicted octanol–water partition coefficient (Wildman–Crippen LogP) is 0.00590. The molecule has 2 bridgehead atoms. The lowest BCUT2D eigenvalue weighted by atomic mass is 9.84. The maximum atomic E-state index is 12.3. The van der Waals surface area contributed by atoms with E-state index in [1.54, 1.807) is 0 Å². The number of carbonyl (C=O) groups is 1. The average Bonchev–Trinajstić information content (AvgIpc) is 2.39. The number of hydrogen-bond donors (Lipinski definition) is 1. The number of rotatable bonds is 2. The number of fused-ring (bicyclic) bond motifs is 3. The fourth-order valence-corrected chi connectivity index (χ4v) is 3.27. The van der Waals surface area contributed by atoms with Gasteiger partial charge in [-0.2, -0.15) is 0 Å². The van der Waals surface area contributed by atoms with Crippen LogP contribution in [0.25, 0.3) is 0 Å². The largest absolute Gasteiger partial charge is 0.328 e. The summed E-state index contributed by atoms with van der Waals surface area (Å²) in [4.78, 5) is 40.5. The molecule has 0 spiro atoms. The van der Waals surface area contributed by atoms with Gasteiger partial charge in [0.25, 0.3) is 5.56 Å². The molecule has 1 aromatic rings. The summed E-state index contributed by atoms with van der Waals surface area (Å²) in [5, 5.41) is 0. The Labute approximate surface area is 110 Å². The van der Waals surface area contributed by atoms with Gasteiger partial charge in [-0.3, -0.25) is 14.2 Å². The maximum absolute atomic E-state index is 12.3. The maximum Gasteiger partial charge on any atom is 0.328 e. The van der Waals surface area contributed by atoms with Crippen molar-refractivity contribution in [3.63, 3.8) is 0 Å². The molecule has 0 aromatic carbocycles. The Morgan fingerprint density at radius 1 is 1.32 bits per heavy atom. The first-order valence-corrected chi connectivity index (χ1v) is 6.65. The van der Waals surface area contributed by atoms with Crippen LogP contribution in [0.3, 0.4) is 0 Å². The van der Waals surface area contributed by atoms with Gasteiger partial charge in [0.15, 0.2) is 5.78 Å². The van der Waals surface area contributed by atoms with Gasteiger partial charge in [0.2, 0.25) is 0 Å². The number of H-pyrrole nitrogens is 1. The van der Waals surface area contributed by atoms with Crippen LogP contribution in [-0.4, -0.2) is 39.9 Å². The zero-order valence-corrected chi connectivity index (χ0v) is 10.9. The van der Waals surface area contributed by atoms with Gasteiger partial charge in [-0.05, 0) is 38.8 Å². The minimum Gasteiger partial charge on any atom is -0.313 e. The third kappa shape index (κ3) is 1.96. The molecule has 3 aliphatic rings. The third-order valence-corrected chi connectivity index (χ3v) is 4.34. The van der Waals surface area contributed by atoms with E-state index in [2.05, 4.69) is 9.88 Å². The third-order valence-electron chi connectivity index (χ3n) is 4.34. The second-order valence-corrected chi connectivity index (χ2v) is 5.44. The molecule has 0 amide bonds. The van der Waals surface area contributed by atoms with Crippen molar-refractivity contribution in [2.24, 2.45) is 5.92 Å². The molecular weight excluding hydrogens is 246 g/mol. The van der Waals surface area contributed by atoms with Crippen LogP contribution in [0.5, 0.6) is 0 Å². The number of aromatic amines is 1. The summed E-state index contributed by atoms with van der Waals surface area (Å²) in [5.74, 6) is 0.0577. The number of nitrogens with one attached hydrogen (secondary N) is 1. The van der Waals surface area contributed by atoms with Crippen molar-refractivity contribution < 1.29 is 4.79 Å². The smallest absolute Gasteiger partial charge is 0.313 e. The summed E-state index contributed by atoms with van der Waals surface area (Å²) >= 11 is 0.